The zero-order chi connectivity index (χ0) is 15.0. The first-order valence-electron chi connectivity index (χ1n) is 5.98. The van der Waals surface area contributed by atoms with Gasteiger partial charge in [0.15, 0.2) is 10.6 Å². The van der Waals surface area contributed by atoms with Crippen LogP contribution in [-0.2, 0) is 0 Å². The fourth-order valence-corrected chi connectivity index (χ4v) is 2.97. The standard InChI is InChI=1S/C14H9Cl2N3OS/c1-21-14-18-6-8-12(20)7(5-17-13(8)19-14)11-9(15)3-2-4-10(11)16/h2-6H,1H3,(H,17,18,19,20). The van der Waals surface area contributed by atoms with Gasteiger partial charge in [-0.05, 0) is 18.4 Å². The van der Waals surface area contributed by atoms with Crippen LogP contribution >= 0.6 is 35.0 Å². The number of benzene rings is 1. The number of nitrogens with one attached hydrogen (secondary N) is 1. The second kappa shape index (κ2) is 5.67. The van der Waals surface area contributed by atoms with E-state index in [0.29, 0.717) is 37.4 Å². The Kier molecular flexibility index (Phi) is 3.89. The number of rotatable bonds is 2. The Labute approximate surface area is 134 Å². The molecule has 0 atom stereocenters. The van der Waals surface area contributed by atoms with Gasteiger partial charge in [0.1, 0.15) is 5.65 Å². The van der Waals surface area contributed by atoms with Crippen LogP contribution in [0.4, 0.5) is 0 Å². The predicted molar refractivity (Wildman–Crippen MR) is 87.4 cm³/mol. The number of aromatic nitrogens is 3. The van der Waals surface area contributed by atoms with Crippen molar-refractivity contribution < 1.29 is 0 Å². The molecular formula is C14H9Cl2N3OS. The SMILES string of the molecule is CSc1ncc2c(=O)c(-c3c(Cl)cccc3Cl)c[nH]c2n1. The van der Waals surface area contributed by atoms with Gasteiger partial charge in [-0.1, -0.05) is 41.0 Å². The zero-order valence-corrected chi connectivity index (χ0v) is 13.2. The van der Waals surface area contributed by atoms with Crippen molar-refractivity contribution in [2.75, 3.05) is 6.26 Å². The quantitative estimate of drug-likeness (QED) is 0.566. The largest absolute Gasteiger partial charge is 0.345 e. The second-order valence-electron chi connectivity index (χ2n) is 4.25. The molecule has 1 N–H and O–H groups in total. The predicted octanol–water partition coefficient (Wildman–Crippen LogP) is 4.01. The van der Waals surface area contributed by atoms with E-state index in [4.69, 9.17) is 23.2 Å². The Hall–Kier alpha value is -1.56. The summed E-state index contributed by atoms with van der Waals surface area (Å²) in [4.78, 5) is 24.0. The maximum absolute atomic E-state index is 12.6. The highest BCUT2D eigenvalue weighted by Crippen LogP contribution is 2.32. The lowest BCUT2D eigenvalue weighted by molar-refractivity contribution is 0.990. The highest BCUT2D eigenvalue weighted by Gasteiger charge is 2.14. The summed E-state index contributed by atoms with van der Waals surface area (Å²) >= 11 is 13.7. The number of pyridine rings is 1. The Morgan fingerprint density at radius 1 is 1.24 bits per heavy atom. The Balaban J connectivity index is 2.31. The van der Waals surface area contributed by atoms with E-state index in [9.17, 15) is 4.79 Å². The lowest BCUT2D eigenvalue weighted by atomic mass is 10.1. The summed E-state index contributed by atoms with van der Waals surface area (Å²) in [5.41, 5.74) is 1.20. The van der Waals surface area contributed by atoms with Gasteiger partial charge in [0.05, 0.1) is 15.4 Å². The summed E-state index contributed by atoms with van der Waals surface area (Å²) in [7, 11) is 0. The van der Waals surface area contributed by atoms with Crippen molar-refractivity contribution in [3.63, 3.8) is 0 Å². The molecular weight excluding hydrogens is 329 g/mol. The average molecular weight is 338 g/mol. The number of fused-ring (bicyclic) bond motifs is 1. The molecule has 3 aromatic rings. The van der Waals surface area contributed by atoms with Gasteiger partial charge in [-0.25, -0.2) is 9.97 Å². The maximum atomic E-state index is 12.6. The Morgan fingerprint density at radius 3 is 2.62 bits per heavy atom. The first-order valence-corrected chi connectivity index (χ1v) is 7.96. The van der Waals surface area contributed by atoms with Gasteiger partial charge in [0, 0.05) is 23.5 Å². The van der Waals surface area contributed by atoms with Gasteiger partial charge in [-0.15, -0.1) is 0 Å². The van der Waals surface area contributed by atoms with Crippen LogP contribution in [0.3, 0.4) is 0 Å². The minimum Gasteiger partial charge on any atom is -0.345 e. The maximum Gasteiger partial charge on any atom is 0.200 e. The molecule has 0 saturated carbocycles. The molecule has 0 aliphatic rings. The third-order valence-corrected chi connectivity index (χ3v) is 4.22. The van der Waals surface area contributed by atoms with Crippen molar-refractivity contribution in [3.05, 3.63) is 50.9 Å². The molecule has 0 spiro atoms. The van der Waals surface area contributed by atoms with E-state index in [2.05, 4.69) is 15.0 Å². The summed E-state index contributed by atoms with van der Waals surface area (Å²) < 4.78 is 0. The minimum atomic E-state index is -0.202. The fraction of sp³-hybridized carbons (Fsp3) is 0.0714. The van der Waals surface area contributed by atoms with E-state index < -0.39 is 0 Å². The van der Waals surface area contributed by atoms with E-state index in [1.54, 1.807) is 24.4 Å². The molecule has 0 radical (unpaired) electrons. The van der Waals surface area contributed by atoms with Gasteiger partial charge >= 0.3 is 0 Å². The third-order valence-electron chi connectivity index (χ3n) is 3.02. The van der Waals surface area contributed by atoms with Gasteiger partial charge in [-0.3, -0.25) is 4.79 Å². The van der Waals surface area contributed by atoms with Crippen LogP contribution < -0.4 is 5.43 Å². The Morgan fingerprint density at radius 2 is 1.95 bits per heavy atom. The highest BCUT2D eigenvalue weighted by atomic mass is 35.5. The molecule has 2 heterocycles. The molecule has 0 aliphatic heterocycles. The molecule has 0 aliphatic carbocycles. The van der Waals surface area contributed by atoms with Crippen LogP contribution in [0.5, 0.6) is 0 Å². The highest BCUT2D eigenvalue weighted by molar-refractivity contribution is 7.98. The molecule has 2 aromatic heterocycles. The number of H-pyrrole nitrogens is 1. The fourth-order valence-electron chi connectivity index (χ4n) is 2.03. The number of nitrogens with zero attached hydrogens (tertiary/aromatic N) is 2. The smallest absolute Gasteiger partial charge is 0.200 e. The molecule has 0 unspecified atom stereocenters. The van der Waals surface area contributed by atoms with Gasteiger partial charge in [0.2, 0.25) is 0 Å². The number of thioether (sulfide) groups is 1. The molecule has 1 aromatic carbocycles. The molecule has 0 bridgehead atoms. The van der Waals surface area contributed by atoms with Crippen molar-refractivity contribution in [3.8, 4) is 11.1 Å². The number of hydrogen-bond donors (Lipinski definition) is 1. The lowest BCUT2D eigenvalue weighted by Crippen LogP contribution is -2.08. The van der Waals surface area contributed by atoms with Gasteiger partial charge in [-0.2, -0.15) is 0 Å². The van der Waals surface area contributed by atoms with Crippen molar-refractivity contribution in [2.24, 2.45) is 0 Å². The van der Waals surface area contributed by atoms with Gasteiger partial charge in [0.25, 0.3) is 0 Å². The number of aromatic amines is 1. The average Bonchev–Trinajstić information content (AvgIpc) is 2.49. The van der Waals surface area contributed by atoms with Crippen LogP contribution in [0.1, 0.15) is 0 Å². The third kappa shape index (κ3) is 2.52. The van der Waals surface area contributed by atoms with Crippen LogP contribution in [0.25, 0.3) is 22.2 Å². The topological polar surface area (TPSA) is 58.6 Å². The van der Waals surface area contributed by atoms with Crippen LogP contribution in [0.2, 0.25) is 10.0 Å². The molecule has 106 valence electrons. The summed E-state index contributed by atoms with van der Waals surface area (Å²) in [5.74, 6) is 0. The molecule has 21 heavy (non-hydrogen) atoms. The number of hydrogen-bond acceptors (Lipinski definition) is 4. The summed E-state index contributed by atoms with van der Waals surface area (Å²) in [6.07, 6.45) is 4.97. The Bertz CT molecular complexity index is 875. The summed E-state index contributed by atoms with van der Waals surface area (Å²) in [6, 6.07) is 5.12. The summed E-state index contributed by atoms with van der Waals surface area (Å²) in [6.45, 7) is 0. The first-order chi connectivity index (χ1) is 10.1. The van der Waals surface area contributed by atoms with Crippen molar-refractivity contribution in [1.29, 1.82) is 0 Å². The minimum absolute atomic E-state index is 0.202. The van der Waals surface area contributed by atoms with E-state index >= 15 is 0 Å². The van der Waals surface area contributed by atoms with E-state index in [1.165, 1.54) is 18.0 Å². The van der Waals surface area contributed by atoms with Crippen LogP contribution in [-0.4, -0.2) is 21.2 Å². The van der Waals surface area contributed by atoms with Crippen LogP contribution in [0, 0.1) is 0 Å². The monoisotopic (exact) mass is 337 g/mol. The normalized spacial score (nSPS) is 11.0. The van der Waals surface area contributed by atoms with E-state index in [1.807, 2.05) is 6.26 Å². The lowest BCUT2D eigenvalue weighted by Gasteiger charge is -2.07. The van der Waals surface area contributed by atoms with Crippen molar-refractivity contribution >= 4 is 46.0 Å². The molecule has 4 nitrogen and oxygen atoms in total. The van der Waals surface area contributed by atoms with Crippen molar-refractivity contribution in [2.45, 2.75) is 5.16 Å². The van der Waals surface area contributed by atoms with Gasteiger partial charge < -0.3 is 4.98 Å². The molecule has 7 heteroatoms. The summed E-state index contributed by atoms with van der Waals surface area (Å²) in [5, 5.41) is 1.85. The second-order valence-corrected chi connectivity index (χ2v) is 5.83. The molecule has 0 saturated heterocycles. The number of halogens is 2. The van der Waals surface area contributed by atoms with Crippen LogP contribution in [0.15, 0.2) is 40.5 Å². The van der Waals surface area contributed by atoms with Crippen molar-refractivity contribution in [1.82, 2.24) is 15.0 Å². The van der Waals surface area contributed by atoms with E-state index in [-0.39, 0.29) is 5.43 Å². The molecule has 3 rings (SSSR count). The van der Waals surface area contributed by atoms with E-state index in [0.717, 1.165) is 0 Å². The zero-order valence-electron chi connectivity index (χ0n) is 10.9. The molecule has 0 fully saturated rings. The molecule has 0 amide bonds. The first kappa shape index (κ1) is 14.4.